The van der Waals surface area contributed by atoms with Gasteiger partial charge in [-0.25, -0.2) is 0 Å². The summed E-state index contributed by atoms with van der Waals surface area (Å²) in [6.45, 7) is 8.79. The molecule has 0 radical (unpaired) electrons. The van der Waals surface area contributed by atoms with Crippen molar-refractivity contribution in [2.75, 3.05) is 0 Å². The molecule has 2 aromatic rings. The van der Waals surface area contributed by atoms with Gasteiger partial charge in [0.2, 0.25) is 0 Å². The Balaban J connectivity index is 1.76. The van der Waals surface area contributed by atoms with E-state index in [0.29, 0.717) is 5.41 Å². The fraction of sp³-hybridized carbons (Fsp3) is 0.421. The van der Waals surface area contributed by atoms with Gasteiger partial charge >= 0.3 is 0 Å². The first-order valence-electron chi connectivity index (χ1n) is 7.49. The van der Waals surface area contributed by atoms with Crippen molar-refractivity contribution >= 4 is 0 Å². The zero-order valence-electron chi connectivity index (χ0n) is 12.9. The average molecular weight is 265 g/mol. The highest BCUT2D eigenvalue weighted by atomic mass is 14.7. The van der Waals surface area contributed by atoms with Gasteiger partial charge in [0.1, 0.15) is 0 Å². The zero-order valence-corrected chi connectivity index (χ0v) is 12.9. The second-order valence-electron chi connectivity index (χ2n) is 6.67. The van der Waals surface area contributed by atoms with Crippen LogP contribution in [0.4, 0.5) is 0 Å². The lowest BCUT2D eigenvalue weighted by atomic mass is 9.93. The van der Waals surface area contributed by atoms with Gasteiger partial charge in [-0.2, -0.15) is 0 Å². The Kier molecular flexibility index (Phi) is 3.16. The Bertz CT molecular complexity index is 606. The maximum atomic E-state index is 4.69. The van der Waals surface area contributed by atoms with Gasteiger partial charge in [-0.05, 0) is 68.2 Å². The lowest BCUT2D eigenvalue weighted by molar-refractivity contribution is 0.647. The van der Waals surface area contributed by atoms with Gasteiger partial charge in [0.15, 0.2) is 0 Å². The molecule has 1 heterocycles. The summed E-state index contributed by atoms with van der Waals surface area (Å²) in [7, 11) is 0. The topological polar surface area (TPSA) is 12.9 Å². The summed E-state index contributed by atoms with van der Waals surface area (Å²) in [4.78, 5) is 4.69. The van der Waals surface area contributed by atoms with E-state index in [1.165, 1.54) is 28.8 Å². The molecular formula is C19H23N. The molecule has 1 fully saturated rings. The molecule has 20 heavy (non-hydrogen) atoms. The number of hydrogen-bond donors (Lipinski definition) is 0. The molecular weight excluding hydrogens is 242 g/mol. The van der Waals surface area contributed by atoms with E-state index in [2.05, 4.69) is 69.1 Å². The molecule has 0 amide bonds. The third-order valence-corrected chi connectivity index (χ3v) is 4.73. The minimum atomic E-state index is 0.354. The Morgan fingerprint density at radius 3 is 2.40 bits per heavy atom. The van der Waals surface area contributed by atoms with Crippen LogP contribution in [0.5, 0.6) is 0 Å². The molecule has 0 saturated heterocycles. The third kappa shape index (κ3) is 2.49. The van der Waals surface area contributed by atoms with Crippen LogP contribution in [-0.2, 0) is 11.8 Å². The highest BCUT2D eigenvalue weighted by molar-refractivity contribution is 5.35. The summed E-state index contributed by atoms with van der Waals surface area (Å²) in [5.41, 5.74) is 6.89. The van der Waals surface area contributed by atoms with E-state index in [-0.39, 0.29) is 0 Å². The van der Waals surface area contributed by atoms with Gasteiger partial charge in [0.05, 0.1) is 0 Å². The molecule has 0 aliphatic heterocycles. The van der Waals surface area contributed by atoms with E-state index in [4.69, 9.17) is 0 Å². The Morgan fingerprint density at radius 2 is 1.75 bits per heavy atom. The fourth-order valence-corrected chi connectivity index (χ4v) is 3.32. The molecule has 1 aliphatic carbocycles. The molecule has 104 valence electrons. The molecule has 0 unspecified atom stereocenters. The van der Waals surface area contributed by atoms with Crippen LogP contribution in [0.2, 0.25) is 0 Å². The van der Waals surface area contributed by atoms with Crippen LogP contribution in [0.15, 0.2) is 36.4 Å². The molecule has 3 rings (SSSR count). The van der Waals surface area contributed by atoms with Gasteiger partial charge in [-0.1, -0.05) is 36.8 Å². The first-order valence-corrected chi connectivity index (χ1v) is 7.49. The normalized spacial score (nSPS) is 24.7. The number of aromatic nitrogens is 1. The molecule has 1 nitrogen and oxygen atoms in total. The molecule has 0 N–H and O–H groups in total. The third-order valence-electron chi connectivity index (χ3n) is 4.73. The van der Waals surface area contributed by atoms with Crippen molar-refractivity contribution in [2.24, 2.45) is 5.92 Å². The zero-order chi connectivity index (χ0) is 14.3. The van der Waals surface area contributed by atoms with Crippen LogP contribution in [0.25, 0.3) is 0 Å². The summed E-state index contributed by atoms with van der Waals surface area (Å²) < 4.78 is 0. The molecule has 1 heteroatoms. The minimum absolute atomic E-state index is 0.354. The largest absolute Gasteiger partial charge is 0.258 e. The Labute approximate surface area is 122 Å². The monoisotopic (exact) mass is 265 g/mol. The number of nitrogens with zero attached hydrogens (tertiary/aromatic N) is 1. The van der Waals surface area contributed by atoms with Gasteiger partial charge < -0.3 is 0 Å². The van der Waals surface area contributed by atoms with Gasteiger partial charge in [0.25, 0.3) is 0 Å². The first kappa shape index (κ1) is 13.4. The van der Waals surface area contributed by atoms with E-state index in [9.17, 15) is 0 Å². The van der Waals surface area contributed by atoms with Gasteiger partial charge in [0, 0.05) is 11.4 Å². The number of rotatable bonds is 3. The number of aryl methyl sites for hydroxylation is 3. The van der Waals surface area contributed by atoms with Crippen molar-refractivity contribution in [3.8, 4) is 0 Å². The molecule has 1 aliphatic rings. The Hall–Kier alpha value is -1.63. The lowest BCUT2D eigenvalue weighted by Gasteiger charge is -2.12. The quantitative estimate of drug-likeness (QED) is 0.794. The van der Waals surface area contributed by atoms with Crippen molar-refractivity contribution in [1.82, 2.24) is 4.98 Å². The summed E-state index contributed by atoms with van der Waals surface area (Å²) >= 11 is 0. The van der Waals surface area contributed by atoms with E-state index < -0.39 is 0 Å². The van der Waals surface area contributed by atoms with Gasteiger partial charge in [-0.15, -0.1) is 0 Å². The maximum absolute atomic E-state index is 4.69. The fourth-order valence-electron chi connectivity index (χ4n) is 3.32. The molecule has 0 spiro atoms. The Morgan fingerprint density at radius 1 is 1.05 bits per heavy atom. The second-order valence-corrected chi connectivity index (χ2v) is 6.67. The smallest absolute Gasteiger partial charge is 0.0412 e. The molecule has 1 aromatic carbocycles. The van der Waals surface area contributed by atoms with Crippen LogP contribution < -0.4 is 0 Å². The highest BCUT2D eigenvalue weighted by Crippen LogP contribution is 2.55. The predicted octanol–water partition coefficient (Wildman–Crippen LogP) is 4.53. The maximum Gasteiger partial charge on any atom is 0.0412 e. The van der Waals surface area contributed by atoms with E-state index >= 15 is 0 Å². The molecule has 1 aromatic heterocycles. The van der Waals surface area contributed by atoms with E-state index in [1.807, 2.05) is 0 Å². The number of pyridine rings is 1. The van der Waals surface area contributed by atoms with E-state index in [1.54, 1.807) is 0 Å². The first-order chi connectivity index (χ1) is 9.47. The number of hydrogen-bond acceptors (Lipinski definition) is 1. The van der Waals surface area contributed by atoms with Crippen LogP contribution in [0.1, 0.15) is 41.4 Å². The van der Waals surface area contributed by atoms with Crippen molar-refractivity contribution in [3.05, 3.63) is 64.5 Å². The number of benzene rings is 1. The van der Waals surface area contributed by atoms with Gasteiger partial charge in [-0.3, -0.25) is 4.98 Å². The SMILES string of the molecule is Cc1ccc([C@]2(C)C[C@H]2Cc2cc(C)cc(C)n2)cc1. The summed E-state index contributed by atoms with van der Waals surface area (Å²) in [6.07, 6.45) is 2.39. The van der Waals surface area contributed by atoms with Crippen LogP contribution in [-0.4, -0.2) is 4.98 Å². The van der Waals surface area contributed by atoms with E-state index in [0.717, 1.165) is 18.0 Å². The lowest BCUT2D eigenvalue weighted by Crippen LogP contribution is -2.07. The molecule has 1 saturated carbocycles. The van der Waals surface area contributed by atoms with Crippen LogP contribution in [0.3, 0.4) is 0 Å². The summed E-state index contributed by atoms with van der Waals surface area (Å²) in [5.74, 6) is 0.735. The van der Waals surface area contributed by atoms with Crippen molar-refractivity contribution in [3.63, 3.8) is 0 Å². The summed E-state index contributed by atoms with van der Waals surface area (Å²) in [6, 6.07) is 13.4. The molecule has 2 atom stereocenters. The average Bonchev–Trinajstić information content (AvgIpc) is 3.00. The van der Waals surface area contributed by atoms with Crippen molar-refractivity contribution in [2.45, 2.75) is 46.0 Å². The second kappa shape index (κ2) is 4.73. The summed E-state index contributed by atoms with van der Waals surface area (Å²) in [5, 5.41) is 0. The van der Waals surface area contributed by atoms with Crippen molar-refractivity contribution in [1.29, 1.82) is 0 Å². The van der Waals surface area contributed by atoms with Crippen molar-refractivity contribution < 1.29 is 0 Å². The predicted molar refractivity (Wildman–Crippen MR) is 84.1 cm³/mol. The van der Waals surface area contributed by atoms with Crippen LogP contribution in [0, 0.1) is 26.7 Å². The standard InChI is InChI=1S/C19H23N/c1-13-5-7-16(8-6-13)19(4)12-17(19)11-18-10-14(2)9-15(3)20-18/h5-10,17H,11-12H2,1-4H3/t17-,19+/m1/s1. The highest BCUT2D eigenvalue weighted by Gasteiger charge is 2.50. The minimum Gasteiger partial charge on any atom is -0.258 e. The van der Waals surface area contributed by atoms with Crippen LogP contribution >= 0.6 is 0 Å². The molecule has 0 bridgehead atoms.